The van der Waals surface area contributed by atoms with Crippen molar-refractivity contribution in [2.45, 2.75) is 13.1 Å². The monoisotopic (exact) mass is 364 g/mol. The first kappa shape index (κ1) is 18.0. The molecule has 126 valence electrons. The minimum atomic E-state index is -1.12. The summed E-state index contributed by atoms with van der Waals surface area (Å²) in [6.45, 7) is 0.347. The summed E-state index contributed by atoms with van der Waals surface area (Å²) in [7, 11) is 1.75. The van der Waals surface area contributed by atoms with Gasteiger partial charge in [0.15, 0.2) is 0 Å². The van der Waals surface area contributed by atoms with E-state index < -0.39 is 12.2 Å². The molecule has 0 aliphatic carbocycles. The highest BCUT2D eigenvalue weighted by Gasteiger charge is 2.20. The molecule has 0 aliphatic heterocycles. The van der Waals surface area contributed by atoms with Crippen molar-refractivity contribution < 1.29 is 19.8 Å². The standard InChI is InChI=1S/C16H16N2O4S2/c19-15(20)17(11-13-7-3-1-4-8-13)23-24-18(16(21)22)12-14-9-5-2-6-10-14/h1-10H,11-12H2,(H,19,20)(H,21,22). The van der Waals surface area contributed by atoms with Crippen molar-refractivity contribution in [1.29, 1.82) is 0 Å². The molecule has 6 nitrogen and oxygen atoms in total. The number of rotatable bonds is 7. The molecule has 2 aromatic carbocycles. The van der Waals surface area contributed by atoms with E-state index in [1.54, 1.807) is 0 Å². The Labute approximate surface area is 147 Å². The van der Waals surface area contributed by atoms with Gasteiger partial charge in [-0.05, 0) is 11.1 Å². The van der Waals surface area contributed by atoms with Gasteiger partial charge >= 0.3 is 12.2 Å². The van der Waals surface area contributed by atoms with Crippen LogP contribution in [0.25, 0.3) is 0 Å². The molecular weight excluding hydrogens is 348 g/mol. The summed E-state index contributed by atoms with van der Waals surface area (Å²) in [5.74, 6) is 0. The van der Waals surface area contributed by atoms with E-state index in [0.29, 0.717) is 0 Å². The molecule has 0 unspecified atom stereocenters. The van der Waals surface area contributed by atoms with Crippen LogP contribution in [0.15, 0.2) is 60.7 Å². The molecule has 0 atom stereocenters. The van der Waals surface area contributed by atoms with E-state index in [1.807, 2.05) is 60.7 Å². The van der Waals surface area contributed by atoms with Crippen LogP contribution in [-0.2, 0) is 13.1 Å². The average Bonchev–Trinajstić information content (AvgIpc) is 2.58. The second kappa shape index (κ2) is 9.09. The van der Waals surface area contributed by atoms with Crippen LogP contribution in [0, 0.1) is 0 Å². The molecule has 0 saturated heterocycles. The molecule has 0 fully saturated rings. The van der Waals surface area contributed by atoms with Crippen LogP contribution in [-0.4, -0.2) is 31.0 Å². The smallest absolute Gasteiger partial charge is 0.418 e. The topological polar surface area (TPSA) is 81.1 Å². The molecule has 0 aromatic heterocycles. The summed E-state index contributed by atoms with van der Waals surface area (Å²) in [5.41, 5.74) is 1.66. The van der Waals surface area contributed by atoms with Crippen LogP contribution in [0.1, 0.15) is 11.1 Å². The Balaban J connectivity index is 1.97. The van der Waals surface area contributed by atoms with Crippen LogP contribution in [0.3, 0.4) is 0 Å². The van der Waals surface area contributed by atoms with Crippen molar-refractivity contribution in [3.63, 3.8) is 0 Å². The Morgan fingerprint density at radius 3 is 1.33 bits per heavy atom. The van der Waals surface area contributed by atoms with Crippen molar-refractivity contribution in [2.24, 2.45) is 0 Å². The first-order valence-corrected chi connectivity index (χ1v) is 9.06. The Morgan fingerprint density at radius 2 is 1.04 bits per heavy atom. The fourth-order valence-corrected chi connectivity index (χ4v) is 3.70. The lowest BCUT2D eigenvalue weighted by Gasteiger charge is -2.21. The van der Waals surface area contributed by atoms with Gasteiger partial charge in [-0.2, -0.15) is 0 Å². The Morgan fingerprint density at radius 1 is 0.708 bits per heavy atom. The Kier molecular flexibility index (Phi) is 6.83. The molecule has 2 rings (SSSR count). The third kappa shape index (κ3) is 5.71. The maximum Gasteiger partial charge on any atom is 0.418 e. The summed E-state index contributed by atoms with van der Waals surface area (Å²) in [6, 6.07) is 18.3. The molecule has 0 saturated carbocycles. The van der Waals surface area contributed by atoms with Crippen LogP contribution >= 0.6 is 22.0 Å². The van der Waals surface area contributed by atoms with Crippen LogP contribution in [0.5, 0.6) is 0 Å². The zero-order valence-corrected chi connectivity index (χ0v) is 14.2. The number of hydrogen-bond acceptors (Lipinski definition) is 4. The van der Waals surface area contributed by atoms with E-state index in [-0.39, 0.29) is 13.1 Å². The third-order valence-electron chi connectivity index (χ3n) is 2.98. The summed E-state index contributed by atoms with van der Waals surface area (Å²) >= 11 is 0. The number of carboxylic acid groups (broad SMARTS) is 2. The third-order valence-corrected chi connectivity index (χ3v) is 5.25. The summed E-state index contributed by atoms with van der Waals surface area (Å²) in [5, 5.41) is 18.6. The predicted molar refractivity (Wildman–Crippen MR) is 95.2 cm³/mol. The van der Waals surface area contributed by atoms with Gasteiger partial charge in [0.1, 0.15) is 0 Å². The number of carbonyl (C=O) groups is 2. The maximum absolute atomic E-state index is 11.4. The zero-order chi connectivity index (χ0) is 17.4. The quantitative estimate of drug-likeness (QED) is 0.554. The van der Waals surface area contributed by atoms with E-state index >= 15 is 0 Å². The van der Waals surface area contributed by atoms with Gasteiger partial charge in [0.05, 0.1) is 35.0 Å². The first-order valence-electron chi connectivity index (χ1n) is 7.00. The highest BCUT2D eigenvalue weighted by atomic mass is 33.1. The van der Waals surface area contributed by atoms with Gasteiger partial charge in [0, 0.05) is 0 Å². The lowest BCUT2D eigenvalue weighted by molar-refractivity contribution is 0.172. The van der Waals surface area contributed by atoms with Crippen molar-refractivity contribution in [2.75, 3.05) is 0 Å². The fraction of sp³-hybridized carbons (Fsp3) is 0.125. The molecular formula is C16H16N2O4S2. The molecule has 0 spiro atoms. The minimum absolute atomic E-state index is 0.173. The molecule has 2 amide bonds. The number of amides is 2. The SMILES string of the molecule is O=C(O)N(Cc1ccccc1)SSN(Cc1ccccc1)C(=O)O. The highest BCUT2D eigenvalue weighted by Crippen LogP contribution is 2.32. The Hall–Kier alpha value is -2.32. The van der Waals surface area contributed by atoms with Crippen LogP contribution < -0.4 is 0 Å². The molecule has 0 radical (unpaired) electrons. The van der Waals surface area contributed by atoms with E-state index in [4.69, 9.17) is 0 Å². The van der Waals surface area contributed by atoms with E-state index in [2.05, 4.69) is 0 Å². The van der Waals surface area contributed by atoms with Crippen molar-refractivity contribution in [3.8, 4) is 0 Å². The van der Waals surface area contributed by atoms with E-state index in [1.165, 1.54) is 0 Å². The van der Waals surface area contributed by atoms with Gasteiger partial charge in [0.2, 0.25) is 0 Å². The Bertz CT molecular complexity index is 611. The fourth-order valence-electron chi connectivity index (χ4n) is 1.83. The first-order chi connectivity index (χ1) is 11.6. The average molecular weight is 364 g/mol. The molecule has 0 aliphatic rings. The molecule has 0 bridgehead atoms. The zero-order valence-electron chi connectivity index (χ0n) is 12.6. The summed E-state index contributed by atoms with van der Waals surface area (Å²) in [6.07, 6.45) is -2.25. The van der Waals surface area contributed by atoms with Gasteiger partial charge in [-0.15, -0.1) is 0 Å². The van der Waals surface area contributed by atoms with Crippen LogP contribution in [0.2, 0.25) is 0 Å². The minimum Gasteiger partial charge on any atom is -0.464 e. The van der Waals surface area contributed by atoms with Gasteiger partial charge in [0.25, 0.3) is 0 Å². The second-order valence-electron chi connectivity index (χ2n) is 4.76. The van der Waals surface area contributed by atoms with Gasteiger partial charge in [-0.25, -0.2) is 18.2 Å². The summed E-state index contributed by atoms with van der Waals surface area (Å²) < 4.78 is 2.20. The van der Waals surface area contributed by atoms with E-state index in [0.717, 1.165) is 41.7 Å². The maximum atomic E-state index is 11.4. The number of hydrogen-bond donors (Lipinski definition) is 2. The molecule has 0 heterocycles. The number of nitrogens with zero attached hydrogens (tertiary/aromatic N) is 2. The van der Waals surface area contributed by atoms with Crippen LogP contribution in [0.4, 0.5) is 9.59 Å². The lowest BCUT2D eigenvalue weighted by Crippen LogP contribution is -2.25. The molecule has 24 heavy (non-hydrogen) atoms. The summed E-state index contributed by atoms with van der Waals surface area (Å²) in [4.78, 5) is 22.7. The van der Waals surface area contributed by atoms with Gasteiger partial charge in [-0.1, -0.05) is 60.7 Å². The van der Waals surface area contributed by atoms with Crippen molar-refractivity contribution in [1.82, 2.24) is 8.61 Å². The largest absolute Gasteiger partial charge is 0.464 e. The second-order valence-corrected chi connectivity index (χ2v) is 6.83. The normalized spacial score (nSPS) is 10.2. The highest BCUT2D eigenvalue weighted by molar-refractivity contribution is 8.75. The van der Waals surface area contributed by atoms with Crippen molar-refractivity contribution in [3.05, 3.63) is 71.8 Å². The molecule has 2 aromatic rings. The molecule has 2 N–H and O–H groups in total. The predicted octanol–water partition coefficient (Wildman–Crippen LogP) is 4.56. The van der Waals surface area contributed by atoms with E-state index in [9.17, 15) is 19.8 Å². The molecule has 8 heteroatoms. The van der Waals surface area contributed by atoms with Gasteiger partial charge < -0.3 is 10.2 Å². The number of benzene rings is 2. The van der Waals surface area contributed by atoms with Gasteiger partial charge in [-0.3, -0.25) is 0 Å². The van der Waals surface area contributed by atoms with Crippen molar-refractivity contribution >= 4 is 34.1 Å². The lowest BCUT2D eigenvalue weighted by atomic mass is 10.2.